The Morgan fingerprint density at radius 1 is 1.42 bits per heavy atom. The SMILES string of the molecule is CN=C(NCc1noc(C)n1)NCC(C)Oc1cccc(F)c1.I. The van der Waals surface area contributed by atoms with E-state index in [-0.39, 0.29) is 35.9 Å². The van der Waals surface area contributed by atoms with Gasteiger partial charge in [-0.15, -0.1) is 24.0 Å². The van der Waals surface area contributed by atoms with E-state index in [1.54, 1.807) is 26.1 Å². The van der Waals surface area contributed by atoms with Gasteiger partial charge in [0.15, 0.2) is 11.8 Å². The largest absolute Gasteiger partial charge is 0.489 e. The van der Waals surface area contributed by atoms with E-state index >= 15 is 0 Å². The van der Waals surface area contributed by atoms with Crippen LogP contribution in [0, 0.1) is 12.7 Å². The van der Waals surface area contributed by atoms with Crippen molar-refractivity contribution in [2.45, 2.75) is 26.5 Å². The van der Waals surface area contributed by atoms with Crippen molar-refractivity contribution in [3.05, 3.63) is 41.8 Å². The summed E-state index contributed by atoms with van der Waals surface area (Å²) in [6.07, 6.45) is -0.164. The third-order valence-corrected chi connectivity index (χ3v) is 2.90. The van der Waals surface area contributed by atoms with Crippen molar-refractivity contribution in [2.24, 2.45) is 4.99 Å². The molecule has 0 saturated heterocycles. The zero-order valence-corrected chi connectivity index (χ0v) is 16.1. The number of aryl methyl sites for hydroxylation is 1. The highest BCUT2D eigenvalue weighted by atomic mass is 127. The molecule has 2 N–H and O–H groups in total. The van der Waals surface area contributed by atoms with Crippen LogP contribution in [0.2, 0.25) is 0 Å². The Labute approximate surface area is 157 Å². The lowest BCUT2D eigenvalue weighted by Crippen LogP contribution is -2.41. The first kappa shape index (κ1) is 20.1. The molecule has 1 aromatic carbocycles. The van der Waals surface area contributed by atoms with Crippen LogP contribution in [0.1, 0.15) is 18.6 Å². The summed E-state index contributed by atoms with van der Waals surface area (Å²) in [6, 6.07) is 6.05. The summed E-state index contributed by atoms with van der Waals surface area (Å²) in [6.45, 7) is 4.51. The van der Waals surface area contributed by atoms with Crippen LogP contribution in [0.15, 0.2) is 33.8 Å². The standard InChI is InChI=1S/C15H20FN5O2.HI/c1-10(22-13-6-4-5-12(16)7-13)8-18-15(17-3)19-9-14-20-11(2)23-21-14;/h4-7,10H,8-9H2,1-3H3,(H2,17,18,19);1H. The quantitative estimate of drug-likeness (QED) is 0.400. The van der Waals surface area contributed by atoms with Crippen LogP contribution in [0.4, 0.5) is 4.39 Å². The second-order valence-electron chi connectivity index (χ2n) is 4.92. The molecule has 2 rings (SSSR count). The topological polar surface area (TPSA) is 84.6 Å². The summed E-state index contributed by atoms with van der Waals surface area (Å²) < 4.78 is 23.6. The molecule has 0 aliphatic heterocycles. The van der Waals surface area contributed by atoms with E-state index in [0.717, 1.165) is 0 Å². The van der Waals surface area contributed by atoms with Gasteiger partial charge in [-0.05, 0) is 19.1 Å². The van der Waals surface area contributed by atoms with Gasteiger partial charge < -0.3 is 19.9 Å². The molecule has 0 spiro atoms. The summed E-state index contributed by atoms with van der Waals surface area (Å²) in [4.78, 5) is 8.19. The molecule has 1 atom stereocenters. The van der Waals surface area contributed by atoms with Gasteiger partial charge in [-0.1, -0.05) is 11.2 Å². The number of guanidine groups is 1. The van der Waals surface area contributed by atoms with Gasteiger partial charge in [0, 0.05) is 20.0 Å². The van der Waals surface area contributed by atoms with Gasteiger partial charge in [-0.25, -0.2) is 4.39 Å². The van der Waals surface area contributed by atoms with Crippen LogP contribution in [-0.2, 0) is 6.54 Å². The van der Waals surface area contributed by atoms with E-state index in [1.165, 1.54) is 12.1 Å². The Bertz CT molecular complexity index is 665. The second kappa shape index (κ2) is 10.1. The molecular formula is C15H21FIN5O2. The first-order chi connectivity index (χ1) is 11.1. The van der Waals surface area contributed by atoms with Gasteiger partial charge in [0.1, 0.15) is 17.7 Å². The molecule has 0 radical (unpaired) electrons. The number of rotatable bonds is 6. The van der Waals surface area contributed by atoms with Crippen LogP contribution >= 0.6 is 24.0 Å². The first-order valence-electron chi connectivity index (χ1n) is 7.22. The average Bonchev–Trinajstić information content (AvgIpc) is 2.93. The third-order valence-electron chi connectivity index (χ3n) is 2.90. The number of aromatic nitrogens is 2. The number of nitrogens with zero attached hydrogens (tertiary/aromatic N) is 3. The Balaban J connectivity index is 0.00000288. The number of hydrogen-bond acceptors (Lipinski definition) is 5. The molecule has 132 valence electrons. The Morgan fingerprint density at radius 3 is 2.83 bits per heavy atom. The van der Waals surface area contributed by atoms with Gasteiger partial charge in [0.2, 0.25) is 5.89 Å². The number of ether oxygens (including phenoxy) is 1. The maximum atomic E-state index is 13.1. The van der Waals surface area contributed by atoms with Crippen molar-refractivity contribution in [2.75, 3.05) is 13.6 Å². The molecule has 2 aromatic rings. The maximum absolute atomic E-state index is 13.1. The molecule has 9 heteroatoms. The van der Waals surface area contributed by atoms with Crippen LogP contribution in [-0.4, -0.2) is 35.8 Å². The third kappa shape index (κ3) is 6.69. The molecule has 7 nitrogen and oxygen atoms in total. The summed E-state index contributed by atoms with van der Waals surface area (Å²) in [5.41, 5.74) is 0. The average molecular weight is 449 g/mol. The van der Waals surface area contributed by atoms with Crippen molar-refractivity contribution < 1.29 is 13.7 Å². The van der Waals surface area contributed by atoms with Crippen LogP contribution in [0.25, 0.3) is 0 Å². The van der Waals surface area contributed by atoms with Crippen LogP contribution < -0.4 is 15.4 Å². The van der Waals surface area contributed by atoms with E-state index in [2.05, 4.69) is 25.8 Å². The lowest BCUT2D eigenvalue weighted by Gasteiger charge is -2.17. The van der Waals surface area contributed by atoms with Crippen molar-refractivity contribution in [3.63, 3.8) is 0 Å². The number of hydrogen-bond donors (Lipinski definition) is 2. The maximum Gasteiger partial charge on any atom is 0.223 e. The van der Waals surface area contributed by atoms with Crippen LogP contribution in [0.3, 0.4) is 0 Å². The monoisotopic (exact) mass is 449 g/mol. The minimum Gasteiger partial charge on any atom is -0.489 e. The fourth-order valence-corrected chi connectivity index (χ4v) is 1.85. The fraction of sp³-hybridized carbons (Fsp3) is 0.400. The highest BCUT2D eigenvalue weighted by Crippen LogP contribution is 2.13. The molecule has 1 unspecified atom stereocenters. The Morgan fingerprint density at radius 2 is 2.21 bits per heavy atom. The molecule has 24 heavy (non-hydrogen) atoms. The van der Waals surface area contributed by atoms with Crippen molar-refractivity contribution in [3.8, 4) is 5.75 Å². The molecule has 0 amide bonds. The molecule has 1 aromatic heterocycles. The predicted molar refractivity (Wildman–Crippen MR) is 99.1 cm³/mol. The fourth-order valence-electron chi connectivity index (χ4n) is 1.85. The first-order valence-corrected chi connectivity index (χ1v) is 7.22. The number of halogens is 2. The van der Waals surface area contributed by atoms with Gasteiger partial charge in [-0.2, -0.15) is 4.98 Å². The molecule has 1 heterocycles. The smallest absolute Gasteiger partial charge is 0.223 e. The van der Waals surface area contributed by atoms with E-state index in [1.807, 2.05) is 6.92 Å². The van der Waals surface area contributed by atoms with Gasteiger partial charge in [0.05, 0.1) is 13.1 Å². The van der Waals surface area contributed by atoms with Gasteiger partial charge in [-0.3, -0.25) is 4.99 Å². The summed E-state index contributed by atoms with van der Waals surface area (Å²) in [7, 11) is 1.66. The summed E-state index contributed by atoms with van der Waals surface area (Å²) >= 11 is 0. The minimum atomic E-state index is -0.324. The predicted octanol–water partition coefficient (Wildman–Crippen LogP) is 2.27. The lowest BCUT2D eigenvalue weighted by atomic mass is 10.3. The summed E-state index contributed by atoms with van der Waals surface area (Å²) in [5, 5.41) is 9.97. The number of benzene rings is 1. The zero-order valence-electron chi connectivity index (χ0n) is 13.7. The van der Waals surface area contributed by atoms with Crippen molar-refractivity contribution >= 4 is 29.9 Å². The van der Waals surface area contributed by atoms with Crippen LogP contribution in [0.5, 0.6) is 5.75 Å². The van der Waals surface area contributed by atoms with Gasteiger partial charge in [0.25, 0.3) is 0 Å². The zero-order chi connectivity index (χ0) is 16.7. The highest BCUT2D eigenvalue weighted by molar-refractivity contribution is 14.0. The second-order valence-corrected chi connectivity index (χ2v) is 4.92. The molecule has 0 fully saturated rings. The molecular weight excluding hydrogens is 428 g/mol. The molecule has 0 aliphatic carbocycles. The molecule has 0 bridgehead atoms. The molecule has 0 aliphatic rings. The number of nitrogens with one attached hydrogen (secondary N) is 2. The summed E-state index contributed by atoms with van der Waals surface area (Å²) in [5.74, 6) is 1.82. The Hall–Kier alpha value is -1.91. The van der Waals surface area contributed by atoms with Gasteiger partial charge >= 0.3 is 0 Å². The molecule has 0 saturated carbocycles. The minimum absolute atomic E-state index is 0. The van der Waals surface area contributed by atoms with E-state index in [0.29, 0.717) is 36.5 Å². The Kier molecular flexibility index (Phi) is 8.44. The van der Waals surface area contributed by atoms with Crippen molar-refractivity contribution in [1.29, 1.82) is 0 Å². The lowest BCUT2D eigenvalue weighted by molar-refractivity contribution is 0.223. The van der Waals surface area contributed by atoms with Crippen molar-refractivity contribution in [1.82, 2.24) is 20.8 Å². The normalized spacial score (nSPS) is 12.2. The number of aliphatic imine (C=N–C) groups is 1. The highest BCUT2D eigenvalue weighted by Gasteiger charge is 2.08. The van der Waals surface area contributed by atoms with E-state index in [9.17, 15) is 4.39 Å². The van der Waals surface area contributed by atoms with E-state index in [4.69, 9.17) is 9.26 Å². The van der Waals surface area contributed by atoms with E-state index < -0.39 is 0 Å².